The Morgan fingerprint density at radius 3 is 2.46 bits per heavy atom. The Bertz CT molecular complexity index is 836. The summed E-state index contributed by atoms with van der Waals surface area (Å²) >= 11 is 3.61. The molecule has 0 unspecified atom stereocenters. The molecule has 136 valence electrons. The van der Waals surface area contributed by atoms with Crippen molar-refractivity contribution in [3.8, 4) is 11.5 Å². The van der Waals surface area contributed by atoms with Gasteiger partial charge in [-0.25, -0.2) is 4.68 Å². The summed E-state index contributed by atoms with van der Waals surface area (Å²) in [5, 5.41) is 7.54. The van der Waals surface area contributed by atoms with Crippen molar-refractivity contribution in [3.63, 3.8) is 0 Å². The van der Waals surface area contributed by atoms with Crippen LogP contribution in [0.3, 0.4) is 0 Å². The van der Waals surface area contributed by atoms with E-state index in [1.807, 2.05) is 19.1 Å². The van der Waals surface area contributed by atoms with E-state index < -0.39 is 0 Å². The fourth-order valence-corrected chi connectivity index (χ4v) is 3.04. The van der Waals surface area contributed by atoms with E-state index in [0.29, 0.717) is 25.5 Å². The van der Waals surface area contributed by atoms with Crippen molar-refractivity contribution in [2.75, 3.05) is 12.0 Å². The highest BCUT2D eigenvalue weighted by atomic mass is 79.9. The summed E-state index contributed by atoms with van der Waals surface area (Å²) in [6.45, 7) is 5.68. The van der Waals surface area contributed by atoms with Gasteiger partial charge < -0.3 is 14.9 Å². The molecule has 0 aliphatic heterocycles. The van der Waals surface area contributed by atoms with Gasteiger partial charge in [-0.1, -0.05) is 29.8 Å². The Morgan fingerprint density at radius 1 is 1.04 bits per heavy atom. The SMILES string of the molecule is CCOc1cc(CNn2cnnc2)cc(Br)c1OCc1ccc(C)cc1. The Balaban J connectivity index is 1.74. The molecule has 0 atom stereocenters. The quantitative estimate of drug-likeness (QED) is 0.599. The zero-order valence-corrected chi connectivity index (χ0v) is 16.4. The van der Waals surface area contributed by atoms with E-state index in [4.69, 9.17) is 9.47 Å². The van der Waals surface area contributed by atoms with Crippen molar-refractivity contribution in [2.45, 2.75) is 27.0 Å². The van der Waals surface area contributed by atoms with Crippen LogP contribution in [-0.2, 0) is 13.2 Å². The summed E-state index contributed by atoms with van der Waals surface area (Å²) < 4.78 is 14.4. The lowest BCUT2D eigenvalue weighted by atomic mass is 10.1. The van der Waals surface area contributed by atoms with Gasteiger partial charge in [0.15, 0.2) is 11.5 Å². The van der Waals surface area contributed by atoms with E-state index in [1.54, 1.807) is 17.3 Å². The zero-order valence-electron chi connectivity index (χ0n) is 14.8. The number of rotatable bonds is 8. The van der Waals surface area contributed by atoms with Crippen LogP contribution in [0.1, 0.15) is 23.6 Å². The number of halogens is 1. The smallest absolute Gasteiger partial charge is 0.175 e. The van der Waals surface area contributed by atoms with Crippen LogP contribution in [0.5, 0.6) is 11.5 Å². The van der Waals surface area contributed by atoms with Crippen molar-refractivity contribution < 1.29 is 9.47 Å². The van der Waals surface area contributed by atoms with Gasteiger partial charge in [-0.15, -0.1) is 10.2 Å². The monoisotopic (exact) mass is 416 g/mol. The molecule has 6 nitrogen and oxygen atoms in total. The molecule has 26 heavy (non-hydrogen) atoms. The highest BCUT2D eigenvalue weighted by molar-refractivity contribution is 9.10. The number of ether oxygens (including phenoxy) is 2. The highest BCUT2D eigenvalue weighted by Crippen LogP contribution is 2.37. The average molecular weight is 417 g/mol. The van der Waals surface area contributed by atoms with Crippen molar-refractivity contribution in [2.24, 2.45) is 0 Å². The topological polar surface area (TPSA) is 61.2 Å². The first-order valence-corrected chi connectivity index (χ1v) is 9.17. The predicted molar refractivity (Wildman–Crippen MR) is 104 cm³/mol. The van der Waals surface area contributed by atoms with Gasteiger partial charge in [0.1, 0.15) is 19.3 Å². The molecule has 0 bridgehead atoms. The van der Waals surface area contributed by atoms with Gasteiger partial charge in [0.25, 0.3) is 0 Å². The van der Waals surface area contributed by atoms with Gasteiger partial charge in [0.2, 0.25) is 0 Å². The van der Waals surface area contributed by atoms with Crippen LogP contribution in [0.2, 0.25) is 0 Å². The van der Waals surface area contributed by atoms with E-state index in [1.165, 1.54) is 5.56 Å². The molecule has 0 aliphatic rings. The third kappa shape index (κ3) is 4.76. The number of hydrogen-bond donors (Lipinski definition) is 1. The maximum Gasteiger partial charge on any atom is 0.175 e. The van der Waals surface area contributed by atoms with E-state index in [0.717, 1.165) is 21.3 Å². The Morgan fingerprint density at radius 2 is 1.77 bits per heavy atom. The van der Waals surface area contributed by atoms with Gasteiger partial charge in [0.05, 0.1) is 17.6 Å². The Kier molecular flexibility index (Phi) is 6.12. The van der Waals surface area contributed by atoms with Crippen LogP contribution in [0.4, 0.5) is 0 Å². The van der Waals surface area contributed by atoms with Gasteiger partial charge in [-0.3, -0.25) is 0 Å². The maximum absolute atomic E-state index is 6.03. The molecule has 0 aliphatic carbocycles. The van der Waals surface area contributed by atoms with Gasteiger partial charge in [0, 0.05) is 0 Å². The molecule has 0 amide bonds. The average Bonchev–Trinajstić information content (AvgIpc) is 3.14. The minimum absolute atomic E-state index is 0.483. The van der Waals surface area contributed by atoms with Crippen LogP contribution in [-0.4, -0.2) is 21.5 Å². The number of aryl methyl sites for hydroxylation is 1. The van der Waals surface area contributed by atoms with E-state index in [-0.39, 0.29) is 0 Å². The summed E-state index contributed by atoms with van der Waals surface area (Å²) in [5.74, 6) is 1.43. The number of nitrogens with one attached hydrogen (secondary N) is 1. The first-order chi connectivity index (χ1) is 12.7. The summed E-state index contributed by atoms with van der Waals surface area (Å²) in [5.41, 5.74) is 6.59. The van der Waals surface area contributed by atoms with Crippen LogP contribution in [0, 0.1) is 6.92 Å². The van der Waals surface area contributed by atoms with Crippen molar-refractivity contribution in [1.29, 1.82) is 0 Å². The molecule has 7 heteroatoms. The molecule has 2 aromatic carbocycles. The fourth-order valence-electron chi connectivity index (χ4n) is 2.43. The number of hydrogen-bond acceptors (Lipinski definition) is 5. The lowest BCUT2D eigenvalue weighted by molar-refractivity contribution is 0.267. The second-order valence-corrected chi connectivity index (χ2v) is 6.67. The first-order valence-electron chi connectivity index (χ1n) is 8.37. The molecule has 1 N–H and O–H groups in total. The summed E-state index contributed by atoms with van der Waals surface area (Å²) in [6.07, 6.45) is 3.22. The second kappa shape index (κ2) is 8.71. The summed E-state index contributed by atoms with van der Waals surface area (Å²) in [7, 11) is 0. The molecular weight excluding hydrogens is 396 g/mol. The number of nitrogens with zero attached hydrogens (tertiary/aromatic N) is 3. The molecule has 3 aromatic rings. The Hall–Kier alpha value is -2.54. The number of aromatic nitrogens is 3. The minimum Gasteiger partial charge on any atom is -0.490 e. The standard InChI is InChI=1S/C19H21BrN4O2/c1-3-25-18-9-16(10-23-24-12-21-22-13-24)8-17(20)19(18)26-11-15-6-4-14(2)5-7-15/h4-9,12-13,23H,3,10-11H2,1-2H3. The molecule has 0 saturated carbocycles. The van der Waals surface area contributed by atoms with E-state index in [9.17, 15) is 0 Å². The lowest BCUT2D eigenvalue weighted by Gasteiger charge is -2.16. The van der Waals surface area contributed by atoms with Crippen molar-refractivity contribution in [1.82, 2.24) is 14.9 Å². The largest absolute Gasteiger partial charge is 0.490 e. The normalized spacial score (nSPS) is 10.6. The van der Waals surface area contributed by atoms with Gasteiger partial charge in [-0.05, 0) is 53.0 Å². The summed E-state index contributed by atoms with van der Waals surface area (Å²) in [4.78, 5) is 0. The predicted octanol–water partition coefficient (Wildman–Crippen LogP) is 4.07. The second-order valence-electron chi connectivity index (χ2n) is 5.82. The van der Waals surface area contributed by atoms with Gasteiger partial charge >= 0.3 is 0 Å². The van der Waals surface area contributed by atoms with Crippen molar-refractivity contribution >= 4 is 15.9 Å². The first kappa shape index (κ1) is 18.3. The number of benzene rings is 2. The van der Waals surface area contributed by atoms with Gasteiger partial charge in [-0.2, -0.15) is 0 Å². The lowest BCUT2D eigenvalue weighted by Crippen LogP contribution is -2.12. The molecule has 0 radical (unpaired) electrons. The molecule has 1 aromatic heterocycles. The molecule has 1 heterocycles. The fraction of sp³-hybridized carbons (Fsp3) is 0.263. The third-order valence-corrected chi connectivity index (χ3v) is 4.35. The molecule has 0 fully saturated rings. The molecule has 3 rings (SSSR count). The Labute approximate surface area is 161 Å². The van der Waals surface area contributed by atoms with E-state index in [2.05, 4.69) is 62.7 Å². The molecule has 0 spiro atoms. The maximum atomic E-state index is 6.03. The van der Waals surface area contributed by atoms with Crippen molar-refractivity contribution in [3.05, 3.63) is 70.2 Å². The van der Waals surface area contributed by atoms with Crippen LogP contribution >= 0.6 is 15.9 Å². The highest BCUT2D eigenvalue weighted by Gasteiger charge is 2.13. The zero-order chi connectivity index (χ0) is 18.4. The third-order valence-electron chi connectivity index (χ3n) is 3.76. The van der Waals surface area contributed by atoms with E-state index >= 15 is 0 Å². The molecule has 0 saturated heterocycles. The minimum atomic E-state index is 0.483. The van der Waals surface area contributed by atoms with Crippen LogP contribution in [0.15, 0.2) is 53.5 Å². The van der Waals surface area contributed by atoms with Crippen LogP contribution in [0.25, 0.3) is 0 Å². The summed E-state index contributed by atoms with van der Waals surface area (Å²) in [6, 6.07) is 12.3. The molecular formula is C19H21BrN4O2. The van der Waals surface area contributed by atoms with Crippen LogP contribution < -0.4 is 14.9 Å².